The van der Waals surface area contributed by atoms with Gasteiger partial charge in [0.15, 0.2) is 11.5 Å². The van der Waals surface area contributed by atoms with Crippen molar-refractivity contribution < 1.29 is 22.7 Å². The van der Waals surface area contributed by atoms with Crippen LogP contribution in [0.5, 0.6) is 11.5 Å². The lowest BCUT2D eigenvalue weighted by atomic mass is 9.96. The van der Waals surface area contributed by atoms with Gasteiger partial charge in [0.05, 0.1) is 17.5 Å². The molecule has 0 N–H and O–H groups in total. The summed E-state index contributed by atoms with van der Waals surface area (Å²) in [6.07, 6.45) is 0. The Morgan fingerprint density at radius 3 is 2.05 bits per heavy atom. The van der Waals surface area contributed by atoms with Crippen LogP contribution in [0.2, 0.25) is 0 Å². The summed E-state index contributed by atoms with van der Waals surface area (Å²) >= 11 is 0. The Kier molecular flexibility index (Phi) is 7.34. The number of carbonyl (C=O) groups excluding carboxylic acids is 1. The maximum absolute atomic E-state index is 13.3. The zero-order chi connectivity index (χ0) is 25.8. The van der Waals surface area contributed by atoms with Crippen LogP contribution in [0, 0.1) is 0 Å². The van der Waals surface area contributed by atoms with Gasteiger partial charge < -0.3 is 14.4 Å². The Morgan fingerprint density at radius 2 is 1.46 bits per heavy atom. The summed E-state index contributed by atoms with van der Waals surface area (Å²) < 4.78 is 37.8. The standard InChI is InChI=1S/C28H31N3O5S/c1-2-37(33,34)31(24-13-14-25-26(19-24)36-21-35-25)20-27(32)29-15-17-30(18-16-29)28(22-9-5-3-6-10-22)23-11-7-4-8-12-23/h3-14,19,28H,2,15-18,20-21H2,1H3. The molecule has 1 amide bonds. The molecular weight excluding hydrogens is 490 g/mol. The van der Waals surface area contributed by atoms with Gasteiger partial charge in [0.2, 0.25) is 22.7 Å². The topological polar surface area (TPSA) is 79.4 Å². The van der Waals surface area contributed by atoms with E-state index in [0.717, 1.165) is 0 Å². The molecule has 2 aliphatic heterocycles. The van der Waals surface area contributed by atoms with Gasteiger partial charge in [-0.1, -0.05) is 60.7 Å². The number of piperazine rings is 1. The smallest absolute Gasteiger partial charge is 0.243 e. The van der Waals surface area contributed by atoms with Crippen LogP contribution in [0.4, 0.5) is 5.69 Å². The van der Waals surface area contributed by atoms with Crippen LogP contribution in [0.15, 0.2) is 78.9 Å². The first-order valence-electron chi connectivity index (χ1n) is 12.5. The van der Waals surface area contributed by atoms with Gasteiger partial charge in [-0.05, 0) is 30.2 Å². The fourth-order valence-electron chi connectivity index (χ4n) is 4.88. The highest BCUT2D eigenvalue weighted by atomic mass is 32.2. The van der Waals surface area contributed by atoms with Gasteiger partial charge in [0, 0.05) is 32.2 Å². The van der Waals surface area contributed by atoms with Crippen LogP contribution in [0.25, 0.3) is 0 Å². The van der Waals surface area contributed by atoms with Crippen molar-refractivity contribution in [3.63, 3.8) is 0 Å². The molecular formula is C28H31N3O5S. The quantitative estimate of drug-likeness (QED) is 0.452. The summed E-state index contributed by atoms with van der Waals surface area (Å²) in [5.41, 5.74) is 2.80. The molecule has 0 radical (unpaired) electrons. The van der Waals surface area contributed by atoms with Gasteiger partial charge in [-0.25, -0.2) is 8.42 Å². The highest BCUT2D eigenvalue weighted by Crippen LogP contribution is 2.36. The van der Waals surface area contributed by atoms with Gasteiger partial charge in [0.25, 0.3) is 0 Å². The lowest BCUT2D eigenvalue weighted by Crippen LogP contribution is -2.52. The first kappa shape index (κ1) is 25.1. The van der Waals surface area contributed by atoms with E-state index in [0.29, 0.717) is 43.4 Å². The van der Waals surface area contributed by atoms with Crippen molar-refractivity contribution >= 4 is 21.6 Å². The highest BCUT2D eigenvalue weighted by molar-refractivity contribution is 7.92. The van der Waals surface area contributed by atoms with Crippen LogP contribution >= 0.6 is 0 Å². The third-order valence-corrected chi connectivity index (χ3v) is 8.63. The summed E-state index contributed by atoms with van der Waals surface area (Å²) in [6.45, 7) is 3.83. The highest BCUT2D eigenvalue weighted by Gasteiger charge is 2.31. The molecule has 0 unspecified atom stereocenters. The van der Waals surface area contributed by atoms with E-state index >= 15 is 0 Å². The average molecular weight is 522 g/mol. The zero-order valence-corrected chi connectivity index (χ0v) is 21.6. The van der Waals surface area contributed by atoms with Crippen molar-refractivity contribution in [2.24, 2.45) is 0 Å². The van der Waals surface area contributed by atoms with Crippen molar-refractivity contribution in [3.05, 3.63) is 90.0 Å². The predicted octanol–water partition coefficient (Wildman–Crippen LogP) is 3.51. The summed E-state index contributed by atoms with van der Waals surface area (Å²) in [5, 5.41) is 0. The van der Waals surface area contributed by atoms with Crippen molar-refractivity contribution in [3.8, 4) is 11.5 Å². The number of hydrogen-bond acceptors (Lipinski definition) is 6. The molecule has 0 aliphatic carbocycles. The molecule has 3 aromatic rings. The van der Waals surface area contributed by atoms with E-state index in [1.807, 2.05) is 36.4 Å². The molecule has 1 saturated heterocycles. The zero-order valence-electron chi connectivity index (χ0n) is 20.8. The van der Waals surface area contributed by atoms with E-state index in [9.17, 15) is 13.2 Å². The minimum atomic E-state index is -3.68. The normalized spacial score (nSPS) is 15.7. The van der Waals surface area contributed by atoms with Crippen LogP contribution in [0.1, 0.15) is 24.1 Å². The second-order valence-corrected chi connectivity index (χ2v) is 11.3. The molecule has 0 aromatic heterocycles. The van der Waals surface area contributed by atoms with Crippen molar-refractivity contribution in [2.45, 2.75) is 13.0 Å². The molecule has 0 spiro atoms. The van der Waals surface area contributed by atoms with Crippen LogP contribution in [-0.4, -0.2) is 69.4 Å². The fourth-order valence-corrected chi connectivity index (χ4v) is 5.94. The molecule has 5 rings (SSSR count). The predicted molar refractivity (Wildman–Crippen MR) is 142 cm³/mol. The van der Waals surface area contributed by atoms with E-state index < -0.39 is 10.0 Å². The van der Waals surface area contributed by atoms with E-state index in [2.05, 4.69) is 29.2 Å². The van der Waals surface area contributed by atoms with Gasteiger partial charge >= 0.3 is 0 Å². The summed E-state index contributed by atoms with van der Waals surface area (Å²) in [7, 11) is -3.68. The molecule has 0 saturated carbocycles. The number of nitrogens with zero attached hydrogens (tertiary/aromatic N) is 3. The first-order chi connectivity index (χ1) is 18.0. The number of ether oxygens (including phenoxy) is 2. The number of sulfonamides is 1. The number of amides is 1. The monoisotopic (exact) mass is 521 g/mol. The van der Waals surface area contributed by atoms with E-state index in [1.165, 1.54) is 15.4 Å². The number of benzene rings is 3. The Bertz CT molecular complexity index is 1290. The van der Waals surface area contributed by atoms with Crippen LogP contribution in [0.3, 0.4) is 0 Å². The van der Waals surface area contributed by atoms with Crippen LogP contribution in [-0.2, 0) is 14.8 Å². The van der Waals surface area contributed by atoms with Crippen LogP contribution < -0.4 is 13.8 Å². The third-order valence-electron chi connectivity index (χ3n) is 6.89. The summed E-state index contributed by atoms with van der Waals surface area (Å²) in [5.74, 6) is 0.706. The molecule has 1 fully saturated rings. The molecule has 194 valence electrons. The number of rotatable bonds is 8. The van der Waals surface area contributed by atoms with Gasteiger partial charge in [-0.15, -0.1) is 0 Å². The summed E-state index contributed by atoms with van der Waals surface area (Å²) in [6, 6.07) is 25.8. The Hall–Kier alpha value is -3.56. The van der Waals surface area contributed by atoms with Gasteiger partial charge in [-0.2, -0.15) is 0 Å². The second-order valence-electron chi connectivity index (χ2n) is 9.09. The van der Waals surface area contributed by atoms with Gasteiger partial charge in [0.1, 0.15) is 6.54 Å². The molecule has 2 aliphatic rings. The maximum atomic E-state index is 13.3. The number of carbonyl (C=O) groups is 1. The summed E-state index contributed by atoms with van der Waals surface area (Å²) in [4.78, 5) is 17.5. The van der Waals surface area contributed by atoms with E-state index in [4.69, 9.17) is 9.47 Å². The first-order valence-corrected chi connectivity index (χ1v) is 14.1. The maximum Gasteiger partial charge on any atom is 0.243 e. The van der Waals surface area contributed by atoms with Crippen molar-refractivity contribution in [2.75, 3.05) is 49.6 Å². The number of anilines is 1. The molecule has 9 heteroatoms. The largest absolute Gasteiger partial charge is 0.454 e. The van der Waals surface area contributed by atoms with E-state index in [-0.39, 0.29) is 31.0 Å². The van der Waals surface area contributed by atoms with E-state index in [1.54, 1.807) is 30.0 Å². The van der Waals surface area contributed by atoms with Crippen molar-refractivity contribution in [1.82, 2.24) is 9.80 Å². The number of fused-ring (bicyclic) bond motifs is 1. The SMILES string of the molecule is CCS(=O)(=O)N(CC(=O)N1CCN(C(c2ccccc2)c2ccccc2)CC1)c1ccc2c(c1)OCO2. The third kappa shape index (κ3) is 5.42. The fraction of sp³-hybridized carbons (Fsp3) is 0.321. The molecule has 0 atom stereocenters. The lowest BCUT2D eigenvalue weighted by molar-refractivity contribution is -0.131. The Morgan fingerprint density at radius 1 is 0.865 bits per heavy atom. The minimum absolute atomic E-state index is 0.0882. The van der Waals surface area contributed by atoms with Crippen molar-refractivity contribution in [1.29, 1.82) is 0 Å². The molecule has 2 heterocycles. The average Bonchev–Trinajstić information content (AvgIpc) is 3.41. The number of hydrogen-bond donors (Lipinski definition) is 0. The molecule has 3 aromatic carbocycles. The molecule has 0 bridgehead atoms. The lowest BCUT2D eigenvalue weighted by Gasteiger charge is -2.40. The second kappa shape index (κ2) is 10.8. The minimum Gasteiger partial charge on any atom is -0.454 e. The molecule has 37 heavy (non-hydrogen) atoms. The van der Waals surface area contributed by atoms with Gasteiger partial charge in [-0.3, -0.25) is 14.0 Å². The Labute approximate surface area is 218 Å². The Balaban J connectivity index is 1.30. The molecule has 8 nitrogen and oxygen atoms in total.